The Hall–Kier alpha value is -7.68. The van der Waals surface area contributed by atoms with E-state index in [1.54, 1.807) is 14.0 Å². The number of aryl methyl sites for hydroxylation is 6. The molecule has 0 saturated heterocycles. The first-order valence-electron chi connectivity index (χ1n) is 18.4. The molecule has 6 aromatic heterocycles. The van der Waals surface area contributed by atoms with E-state index in [0.717, 1.165) is 66.9 Å². The fourth-order valence-corrected chi connectivity index (χ4v) is 7.31. The Kier molecular flexibility index (Phi) is 7.71. The maximum absolute atomic E-state index is 5.15. The van der Waals surface area contributed by atoms with Crippen molar-refractivity contribution >= 4 is 33.1 Å². The Morgan fingerprint density at radius 2 is 0.614 bits per heavy atom. The van der Waals surface area contributed by atoms with Crippen LogP contribution in [0.5, 0.6) is 0 Å². The van der Waals surface area contributed by atoms with Gasteiger partial charge in [0.05, 0.1) is 67.8 Å². The molecule has 0 radical (unpaired) electrons. The third kappa shape index (κ3) is 5.58. The Morgan fingerprint density at radius 3 is 0.912 bits per heavy atom. The third-order valence-corrected chi connectivity index (χ3v) is 10.1. The van der Waals surface area contributed by atoms with Gasteiger partial charge < -0.3 is 0 Å². The fourth-order valence-electron chi connectivity index (χ4n) is 7.31. The van der Waals surface area contributed by atoms with Gasteiger partial charge in [0.15, 0.2) is 17.5 Å². The molecule has 0 amide bonds. The molecular formula is C42H33N15. The van der Waals surface area contributed by atoms with Gasteiger partial charge in [-0.1, -0.05) is 52.0 Å². The number of nitrogens with zero attached hydrogens (tertiary/aromatic N) is 15. The molecule has 0 aliphatic heterocycles. The van der Waals surface area contributed by atoms with Crippen LogP contribution in [0.1, 0.15) is 34.2 Å². The van der Waals surface area contributed by atoms with Crippen LogP contribution in [0.4, 0.5) is 0 Å². The summed E-state index contributed by atoms with van der Waals surface area (Å²) in [5, 5.41) is 26.3. The van der Waals surface area contributed by atoms with Crippen LogP contribution in [-0.4, -0.2) is 74.9 Å². The van der Waals surface area contributed by atoms with Crippen molar-refractivity contribution < 1.29 is 0 Å². The van der Waals surface area contributed by atoms with E-state index in [2.05, 4.69) is 49.1 Å². The van der Waals surface area contributed by atoms with Gasteiger partial charge in [0.1, 0.15) is 16.6 Å². The van der Waals surface area contributed by atoms with Crippen molar-refractivity contribution in [1.29, 1.82) is 0 Å². The van der Waals surface area contributed by atoms with Crippen molar-refractivity contribution in [1.82, 2.24) is 74.9 Å². The molecule has 6 heterocycles. The van der Waals surface area contributed by atoms with E-state index in [1.807, 2.05) is 114 Å². The monoisotopic (exact) mass is 747 g/mol. The lowest BCUT2D eigenvalue weighted by Crippen LogP contribution is -2.09. The second kappa shape index (κ2) is 13.0. The van der Waals surface area contributed by atoms with Crippen molar-refractivity contribution in [2.75, 3.05) is 0 Å². The maximum atomic E-state index is 5.15. The first kappa shape index (κ1) is 33.9. The summed E-state index contributed by atoms with van der Waals surface area (Å²) in [5.74, 6) is 1.84. The van der Waals surface area contributed by atoms with Crippen LogP contribution >= 0.6 is 0 Å². The van der Waals surface area contributed by atoms with Crippen molar-refractivity contribution in [2.24, 2.45) is 0 Å². The van der Waals surface area contributed by atoms with Gasteiger partial charge in [0, 0.05) is 16.7 Å². The number of fused-ring (bicyclic) bond motifs is 3. The molecule has 0 saturated carbocycles. The van der Waals surface area contributed by atoms with E-state index in [-0.39, 0.29) is 0 Å². The number of benzene rings is 4. The molecule has 15 heteroatoms. The van der Waals surface area contributed by atoms with E-state index < -0.39 is 0 Å². The van der Waals surface area contributed by atoms with Crippen LogP contribution in [-0.2, 0) is 0 Å². The quantitative estimate of drug-likeness (QED) is 0.169. The summed E-state index contributed by atoms with van der Waals surface area (Å²) in [6.07, 6.45) is 0. The molecule has 0 aliphatic rings. The van der Waals surface area contributed by atoms with Crippen LogP contribution in [0.3, 0.4) is 0 Å². The highest BCUT2D eigenvalue weighted by Gasteiger charge is 2.22. The van der Waals surface area contributed by atoms with Crippen LogP contribution in [0.25, 0.3) is 84.3 Å². The number of rotatable bonds is 6. The molecule has 4 aromatic carbocycles. The summed E-state index contributed by atoms with van der Waals surface area (Å²) in [4.78, 5) is 30.6. The highest BCUT2D eigenvalue weighted by Crippen LogP contribution is 2.35. The van der Waals surface area contributed by atoms with E-state index in [0.29, 0.717) is 51.6 Å². The van der Waals surface area contributed by atoms with Crippen LogP contribution in [0, 0.1) is 41.5 Å². The molecule has 0 atom stereocenters. The molecule has 0 aliphatic carbocycles. The average Bonchev–Trinajstić information content (AvgIpc) is 3.97. The summed E-state index contributed by atoms with van der Waals surface area (Å²) < 4.78 is 5.21. The van der Waals surface area contributed by atoms with Crippen molar-refractivity contribution in [2.45, 2.75) is 41.5 Å². The fraction of sp³-hybridized carbons (Fsp3) is 0.143. The van der Waals surface area contributed by atoms with Gasteiger partial charge in [-0.3, -0.25) is 0 Å². The molecule has 0 N–H and O–H groups in total. The first-order chi connectivity index (χ1) is 27.7. The zero-order chi connectivity index (χ0) is 38.9. The SMILES string of the molecule is Cc1nc(-n2nnc3ccccc32)c(C)nc1-c1cc(-c2nc(C)c(-n3nnc4ccccc43)nc2C)cc(-c2nc(C)c(-n3nnc4ccccc43)nc2C)c1. The Labute approximate surface area is 325 Å². The topological polar surface area (TPSA) is 169 Å². The molecule has 10 rings (SSSR count). The lowest BCUT2D eigenvalue weighted by Gasteiger charge is -2.16. The van der Waals surface area contributed by atoms with E-state index in [9.17, 15) is 0 Å². The summed E-state index contributed by atoms with van der Waals surface area (Å²) >= 11 is 0. The largest absolute Gasteiger partial charge is 0.247 e. The lowest BCUT2D eigenvalue weighted by molar-refractivity contribution is 0.782. The van der Waals surface area contributed by atoms with Crippen LogP contribution < -0.4 is 0 Å². The van der Waals surface area contributed by atoms with E-state index >= 15 is 0 Å². The number of para-hydroxylation sites is 3. The predicted octanol–water partition coefficient (Wildman–Crippen LogP) is 7.11. The second-order valence-electron chi connectivity index (χ2n) is 14.0. The predicted molar refractivity (Wildman–Crippen MR) is 215 cm³/mol. The summed E-state index contributed by atoms with van der Waals surface area (Å²) in [5.41, 5.74) is 13.8. The van der Waals surface area contributed by atoms with Crippen molar-refractivity contribution in [3.63, 3.8) is 0 Å². The van der Waals surface area contributed by atoms with Gasteiger partial charge >= 0.3 is 0 Å². The highest BCUT2D eigenvalue weighted by atomic mass is 15.5. The van der Waals surface area contributed by atoms with Gasteiger partial charge in [-0.15, -0.1) is 15.3 Å². The Bertz CT molecular complexity index is 2880. The van der Waals surface area contributed by atoms with Crippen molar-refractivity contribution in [3.05, 3.63) is 125 Å². The van der Waals surface area contributed by atoms with Gasteiger partial charge in [-0.25, -0.2) is 29.9 Å². The zero-order valence-corrected chi connectivity index (χ0v) is 31.9. The highest BCUT2D eigenvalue weighted by molar-refractivity contribution is 5.82. The van der Waals surface area contributed by atoms with Gasteiger partial charge in [0.25, 0.3) is 0 Å². The second-order valence-corrected chi connectivity index (χ2v) is 14.0. The normalized spacial score (nSPS) is 11.7. The number of aromatic nitrogens is 15. The minimum absolute atomic E-state index is 0.614. The molecule has 15 nitrogen and oxygen atoms in total. The van der Waals surface area contributed by atoms with E-state index in [4.69, 9.17) is 29.9 Å². The standard InChI is InChI=1S/C42H33N15/c1-22-37(43-25(4)40(46-22)55-34-16-10-7-13-31(34)49-52-55)28-19-29(38-23(2)47-41(26(5)44-38)56-35-17-11-8-14-32(35)50-53-56)21-30(20-28)39-24(3)48-42(27(6)45-39)57-36-18-12-9-15-33(36)51-54-57/h7-21H,1-6H3. The molecular weight excluding hydrogens is 715 g/mol. The lowest BCUT2D eigenvalue weighted by atomic mass is 9.97. The van der Waals surface area contributed by atoms with E-state index in [1.165, 1.54) is 0 Å². The molecule has 0 unspecified atom stereocenters. The molecule has 10 aromatic rings. The van der Waals surface area contributed by atoms with Gasteiger partial charge in [0.2, 0.25) is 0 Å². The number of hydrogen-bond donors (Lipinski definition) is 0. The number of hydrogen-bond acceptors (Lipinski definition) is 12. The molecule has 0 fully saturated rings. The Balaban J connectivity index is 1.14. The van der Waals surface area contributed by atoms with Crippen LogP contribution in [0.2, 0.25) is 0 Å². The summed E-state index contributed by atoms with van der Waals surface area (Å²) in [7, 11) is 0. The minimum Gasteiger partial charge on any atom is -0.247 e. The minimum atomic E-state index is 0.614. The third-order valence-electron chi connectivity index (χ3n) is 10.1. The molecule has 276 valence electrons. The molecule has 0 bridgehead atoms. The maximum Gasteiger partial charge on any atom is 0.177 e. The van der Waals surface area contributed by atoms with Gasteiger partial charge in [-0.2, -0.15) is 14.0 Å². The summed E-state index contributed by atoms with van der Waals surface area (Å²) in [6.45, 7) is 11.7. The first-order valence-corrected chi connectivity index (χ1v) is 18.4. The van der Waals surface area contributed by atoms with Crippen molar-refractivity contribution in [3.8, 4) is 51.2 Å². The van der Waals surface area contributed by atoms with Gasteiger partial charge in [-0.05, 0) is 96.1 Å². The smallest absolute Gasteiger partial charge is 0.177 e. The molecule has 0 spiro atoms. The molecule has 57 heavy (non-hydrogen) atoms. The zero-order valence-electron chi connectivity index (χ0n) is 31.9. The average molecular weight is 748 g/mol. The summed E-state index contributed by atoms with van der Waals surface area (Å²) in [6, 6.07) is 29.6. The van der Waals surface area contributed by atoms with Crippen LogP contribution in [0.15, 0.2) is 91.0 Å². The Morgan fingerprint density at radius 1 is 0.333 bits per heavy atom.